The van der Waals surface area contributed by atoms with Crippen molar-refractivity contribution in [3.8, 4) is 0 Å². The van der Waals surface area contributed by atoms with Gasteiger partial charge in [0.25, 0.3) is 0 Å². The summed E-state index contributed by atoms with van der Waals surface area (Å²) in [6, 6.07) is 18.4. The Kier molecular flexibility index (Phi) is 6.73. The number of carboxylic acid groups (broad SMARTS) is 1. The minimum Gasteiger partial charge on any atom is -0.465 e. The number of pyridine rings is 1. The molecule has 1 aliphatic rings. The van der Waals surface area contributed by atoms with Gasteiger partial charge in [-0.15, -0.1) is 0 Å². The van der Waals surface area contributed by atoms with Crippen LogP contribution < -0.4 is 4.90 Å². The maximum Gasteiger partial charge on any atom is 0.421 e. The number of aromatic nitrogens is 1. The molecule has 1 aromatic heterocycles. The molecule has 1 aliphatic heterocycles. The van der Waals surface area contributed by atoms with E-state index in [0.717, 1.165) is 15.8 Å². The molecule has 3 aromatic rings. The standard InChI is InChI=1S/C27H29N3O5/c1-27(2,3)35-26(34)30(22-13-7-11-19-12-8-15-28-23(19)22)24(31)21-17-29(25(32)33)16-14-20(21)18-9-5-4-6-10-18/h4-13,15,20-21H,14,16-17H2,1-3H3,(H,32,33)/t20-,21-/m0/s1. The summed E-state index contributed by atoms with van der Waals surface area (Å²) < 4.78 is 5.64. The van der Waals surface area contributed by atoms with E-state index in [1.165, 1.54) is 4.90 Å². The second kappa shape index (κ2) is 9.74. The number of carbonyl (C=O) groups is 3. The number of imide groups is 1. The summed E-state index contributed by atoms with van der Waals surface area (Å²) in [6.45, 7) is 5.48. The number of piperidine rings is 1. The largest absolute Gasteiger partial charge is 0.465 e. The minimum atomic E-state index is -1.09. The zero-order valence-corrected chi connectivity index (χ0v) is 20.0. The highest BCUT2D eigenvalue weighted by molar-refractivity contribution is 6.17. The van der Waals surface area contributed by atoms with Crippen LogP contribution in [0.15, 0.2) is 66.9 Å². The third-order valence-electron chi connectivity index (χ3n) is 6.08. The van der Waals surface area contributed by atoms with Crippen LogP contribution in [0.2, 0.25) is 0 Å². The van der Waals surface area contributed by atoms with Crippen molar-refractivity contribution in [3.63, 3.8) is 0 Å². The van der Waals surface area contributed by atoms with Crippen molar-refractivity contribution in [2.45, 2.75) is 38.7 Å². The van der Waals surface area contributed by atoms with Gasteiger partial charge in [-0.05, 0) is 50.8 Å². The summed E-state index contributed by atoms with van der Waals surface area (Å²) >= 11 is 0. The van der Waals surface area contributed by atoms with Crippen molar-refractivity contribution < 1.29 is 24.2 Å². The summed E-state index contributed by atoms with van der Waals surface area (Å²) in [5, 5.41) is 10.4. The van der Waals surface area contributed by atoms with Crippen LogP contribution in [-0.2, 0) is 9.53 Å². The van der Waals surface area contributed by atoms with Crippen molar-refractivity contribution in [1.29, 1.82) is 0 Å². The number of hydrogen-bond acceptors (Lipinski definition) is 5. The first-order chi connectivity index (χ1) is 16.7. The number of carbonyl (C=O) groups excluding carboxylic acids is 2. The number of rotatable bonds is 3. The van der Waals surface area contributed by atoms with E-state index in [0.29, 0.717) is 24.2 Å². The molecular formula is C27H29N3O5. The van der Waals surface area contributed by atoms with E-state index >= 15 is 0 Å². The lowest BCUT2D eigenvalue weighted by Gasteiger charge is -2.38. The van der Waals surface area contributed by atoms with Gasteiger partial charge in [-0.2, -0.15) is 0 Å². The number of nitrogens with zero attached hydrogens (tertiary/aromatic N) is 3. The van der Waals surface area contributed by atoms with E-state index in [4.69, 9.17) is 4.74 Å². The van der Waals surface area contributed by atoms with Crippen LogP contribution in [0.3, 0.4) is 0 Å². The number of amides is 3. The number of likely N-dealkylation sites (tertiary alicyclic amines) is 1. The smallest absolute Gasteiger partial charge is 0.421 e. The summed E-state index contributed by atoms with van der Waals surface area (Å²) in [7, 11) is 0. The van der Waals surface area contributed by atoms with Crippen LogP contribution in [-0.4, -0.2) is 51.8 Å². The fraction of sp³-hybridized carbons (Fsp3) is 0.333. The van der Waals surface area contributed by atoms with Crippen molar-refractivity contribution in [2.75, 3.05) is 18.0 Å². The molecule has 2 atom stereocenters. The first-order valence-corrected chi connectivity index (χ1v) is 11.6. The van der Waals surface area contributed by atoms with Gasteiger partial charge in [0.05, 0.1) is 17.1 Å². The van der Waals surface area contributed by atoms with Gasteiger partial charge >= 0.3 is 12.2 Å². The first kappa shape index (κ1) is 24.2. The summed E-state index contributed by atoms with van der Waals surface area (Å²) in [5.74, 6) is -1.56. The van der Waals surface area contributed by atoms with E-state index in [1.54, 1.807) is 45.2 Å². The van der Waals surface area contributed by atoms with Crippen LogP contribution in [0.4, 0.5) is 15.3 Å². The Labute approximate surface area is 204 Å². The maximum absolute atomic E-state index is 14.2. The van der Waals surface area contributed by atoms with Crippen LogP contribution in [0, 0.1) is 5.92 Å². The molecule has 0 spiro atoms. The van der Waals surface area contributed by atoms with Crippen LogP contribution >= 0.6 is 0 Å². The van der Waals surface area contributed by atoms with Gasteiger partial charge in [0.2, 0.25) is 5.91 Å². The van der Waals surface area contributed by atoms with E-state index in [-0.39, 0.29) is 12.5 Å². The third kappa shape index (κ3) is 5.26. The van der Waals surface area contributed by atoms with Crippen molar-refractivity contribution >= 4 is 34.7 Å². The fourth-order valence-electron chi connectivity index (χ4n) is 4.52. The zero-order chi connectivity index (χ0) is 25.2. The molecule has 1 fully saturated rings. The summed E-state index contributed by atoms with van der Waals surface area (Å²) in [6.07, 6.45) is 0.149. The second-order valence-electron chi connectivity index (χ2n) is 9.65. The number of benzene rings is 2. The van der Waals surface area contributed by atoms with Crippen molar-refractivity contribution in [3.05, 3.63) is 72.4 Å². The molecule has 2 heterocycles. The molecule has 0 radical (unpaired) electrons. The monoisotopic (exact) mass is 475 g/mol. The Morgan fingerprint density at radius 2 is 1.74 bits per heavy atom. The van der Waals surface area contributed by atoms with E-state index < -0.39 is 29.6 Å². The van der Waals surface area contributed by atoms with E-state index in [9.17, 15) is 19.5 Å². The van der Waals surface area contributed by atoms with Gasteiger partial charge in [-0.1, -0.05) is 48.5 Å². The highest BCUT2D eigenvalue weighted by Gasteiger charge is 2.42. The molecule has 0 saturated carbocycles. The SMILES string of the molecule is CC(C)(C)OC(=O)N(C(=O)[C@H]1CN(C(=O)O)CC[C@H]1c1ccccc1)c1cccc2cccnc12. The topological polar surface area (TPSA) is 100 Å². The Balaban J connectivity index is 1.82. The molecule has 8 heteroatoms. The van der Waals surface area contributed by atoms with Gasteiger partial charge in [-0.3, -0.25) is 9.78 Å². The Hall–Kier alpha value is -3.94. The number of anilines is 1. The van der Waals surface area contributed by atoms with Gasteiger partial charge in [-0.25, -0.2) is 14.5 Å². The molecule has 1 N–H and O–H groups in total. The highest BCUT2D eigenvalue weighted by atomic mass is 16.6. The number of para-hydroxylation sites is 1. The maximum atomic E-state index is 14.2. The van der Waals surface area contributed by atoms with Gasteiger partial charge < -0.3 is 14.7 Å². The second-order valence-corrected chi connectivity index (χ2v) is 9.65. The summed E-state index contributed by atoms with van der Waals surface area (Å²) in [5.41, 5.74) is 0.876. The summed E-state index contributed by atoms with van der Waals surface area (Å²) in [4.78, 5) is 46.2. The van der Waals surface area contributed by atoms with Crippen LogP contribution in [0.1, 0.15) is 38.7 Å². The molecule has 1 saturated heterocycles. The average molecular weight is 476 g/mol. The predicted molar refractivity (Wildman–Crippen MR) is 132 cm³/mol. The molecule has 35 heavy (non-hydrogen) atoms. The van der Waals surface area contributed by atoms with Crippen molar-refractivity contribution in [1.82, 2.24) is 9.88 Å². The number of fused-ring (bicyclic) bond motifs is 1. The molecule has 182 valence electrons. The first-order valence-electron chi connectivity index (χ1n) is 11.6. The number of ether oxygens (including phenoxy) is 1. The van der Waals surface area contributed by atoms with Crippen molar-refractivity contribution in [2.24, 2.45) is 5.92 Å². The minimum absolute atomic E-state index is 0.0226. The average Bonchev–Trinajstić information content (AvgIpc) is 2.83. The molecule has 4 rings (SSSR count). The van der Waals surface area contributed by atoms with Gasteiger partial charge in [0.15, 0.2) is 0 Å². The van der Waals surface area contributed by atoms with Crippen LogP contribution in [0.5, 0.6) is 0 Å². The lowest BCUT2D eigenvalue weighted by molar-refractivity contribution is -0.124. The lowest BCUT2D eigenvalue weighted by atomic mass is 9.79. The van der Waals surface area contributed by atoms with Gasteiger partial charge in [0, 0.05) is 24.7 Å². The van der Waals surface area contributed by atoms with E-state index in [1.807, 2.05) is 42.5 Å². The third-order valence-corrected chi connectivity index (χ3v) is 6.08. The highest BCUT2D eigenvalue weighted by Crippen LogP contribution is 2.37. The molecule has 0 bridgehead atoms. The normalized spacial score (nSPS) is 18.2. The molecule has 3 amide bonds. The quantitative estimate of drug-likeness (QED) is 0.553. The fourth-order valence-corrected chi connectivity index (χ4v) is 4.52. The van der Waals surface area contributed by atoms with Gasteiger partial charge in [0.1, 0.15) is 5.60 Å². The number of hydrogen-bond donors (Lipinski definition) is 1. The predicted octanol–water partition coefficient (Wildman–Crippen LogP) is 5.29. The Morgan fingerprint density at radius 3 is 2.43 bits per heavy atom. The molecule has 0 unspecified atom stereocenters. The van der Waals surface area contributed by atoms with E-state index in [2.05, 4.69) is 4.98 Å². The molecule has 2 aromatic carbocycles. The Morgan fingerprint density at radius 1 is 1.03 bits per heavy atom. The Bertz CT molecular complexity index is 1230. The van der Waals surface area contributed by atoms with Crippen LogP contribution in [0.25, 0.3) is 10.9 Å². The molecular weight excluding hydrogens is 446 g/mol. The lowest BCUT2D eigenvalue weighted by Crippen LogP contribution is -2.52. The zero-order valence-electron chi connectivity index (χ0n) is 20.0. The molecule has 8 nitrogen and oxygen atoms in total. The molecule has 0 aliphatic carbocycles.